The minimum atomic E-state index is 0.0623. The Hall–Kier alpha value is -0.870. The minimum absolute atomic E-state index is 0.0623. The van der Waals surface area contributed by atoms with E-state index in [4.69, 9.17) is 5.73 Å². The highest BCUT2D eigenvalue weighted by atomic mass is 79.9. The van der Waals surface area contributed by atoms with Crippen molar-refractivity contribution in [2.24, 2.45) is 11.7 Å². The lowest BCUT2D eigenvalue weighted by molar-refractivity contribution is 0.0786. The smallest absolute Gasteiger partial charge is 0.255 e. The van der Waals surface area contributed by atoms with Gasteiger partial charge in [-0.25, -0.2) is 0 Å². The molecule has 1 aromatic rings. The Morgan fingerprint density at radius 1 is 1.44 bits per heavy atom. The summed E-state index contributed by atoms with van der Waals surface area (Å²) in [6.07, 6.45) is 0. The van der Waals surface area contributed by atoms with Crippen LogP contribution in [0.1, 0.15) is 17.3 Å². The van der Waals surface area contributed by atoms with E-state index in [1.54, 1.807) is 0 Å². The van der Waals surface area contributed by atoms with Crippen molar-refractivity contribution >= 4 is 21.8 Å². The number of hydrogen-bond donors (Lipinski definition) is 1. The molecule has 1 aliphatic rings. The molecular formula is C12H15BrN2O. The van der Waals surface area contributed by atoms with Crippen LogP contribution in [0, 0.1) is 5.92 Å². The van der Waals surface area contributed by atoms with Crippen LogP contribution < -0.4 is 5.73 Å². The van der Waals surface area contributed by atoms with Crippen LogP contribution in [-0.2, 0) is 0 Å². The highest BCUT2D eigenvalue weighted by Crippen LogP contribution is 2.22. The van der Waals surface area contributed by atoms with Gasteiger partial charge in [-0.3, -0.25) is 4.79 Å². The predicted molar refractivity (Wildman–Crippen MR) is 67.2 cm³/mol. The zero-order valence-corrected chi connectivity index (χ0v) is 10.8. The van der Waals surface area contributed by atoms with E-state index in [9.17, 15) is 4.79 Å². The molecule has 1 fully saturated rings. The monoisotopic (exact) mass is 282 g/mol. The van der Waals surface area contributed by atoms with Gasteiger partial charge in [0.2, 0.25) is 0 Å². The molecule has 16 heavy (non-hydrogen) atoms. The third kappa shape index (κ3) is 2.13. The van der Waals surface area contributed by atoms with Crippen molar-refractivity contribution in [2.75, 3.05) is 13.1 Å². The quantitative estimate of drug-likeness (QED) is 0.855. The maximum Gasteiger partial charge on any atom is 0.255 e. The lowest BCUT2D eigenvalue weighted by Gasteiger charge is -2.16. The van der Waals surface area contributed by atoms with Gasteiger partial charge >= 0.3 is 0 Å². The van der Waals surface area contributed by atoms with Crippen LogP contribution >= 0.6 is 15.9 Å². The van der Waals surface area contributed by atoms with Gasteiger partial charge in [-0.05, 0) is 34.0 Å². The molecule has 86 valence electrons. The summed E-state index contributed by atoms with van der Waals surface area (Å²) < 4.78 is 0.841. The van der Waals surface area contributed by atoms with E-state index in [0.717, 1.165) is 11.0 Å². The minimum Gasteiger partial charge on any atom is -0.337 e. The topological polar surface area (TPSA) is 46.3 Å². The normalized spacial score (nSPS) is 24.8. The molecule has 2 unspecified atom stereocenters. The third-order valence-corrected chi connectivity index (χ3v) is 3.75. The molecule has 0 radical (unpaired) electrons. The van der Waals surface area contributed by atoms with Crippen molar-refractivity contribution in [1.82, 2.24) is 4.90 Å². The molecule has 1 heterocycles. The van der Waals surface area contributed by atoms with Crippen LogP contribution in [0.15, 0.2) is 28.7 Å². The number of benzene rings is 1. The van der Waals surface area contributed by atoms with Gasteiger partial charge in [-0.2, -0.15) is 0 Å². The van der Waals surface area contributed by atoms with Gasteiger partial charge < -0.3 is 10.6 Å². The number of amides is 1. The SMILES string of the molecule is CC1CN(C(=O)c2ccccc2Br)CC1N. The molecule has 1 amide bonds. The molecular weight excluding hydrogens is 268 g/mol. The second kappa shape index (κ2) is 4.55. The summed E-state index contributed by atoms with van der Waals surface area (Å²) in [5.41, 5.74) is 6.63. The zero-order chi connectivity index (χ0) is 11.7. The van der Waals surface area contributed by atoms with Crippen molar-refractivity contribution in [3.05, 3.63) is 34.3 Å². The van der Waals surface area contributed by atoms with E-state index in [-0.39, 0.29) is 11.9 Å². The van der Waals surface area contributed by atoms with Crippen molar-refractivity contribution < 1.29 is 4.79 Å². The summed E-state index contributed by atoms with van der Waals surface area (Å²) in [6, 6.07) is 7.59. The largest absolute Gasteiger partial charge is 0.337 e. The number of halogens is 1. The second-order valence-electron chi connectivity index (χ2n) is 4.33. The Kier molecular flexibility index (Phi) is 3.30. The van der Waals surface area contributed by atoms with Gasteiger partial charge in [0.25, 0.3) is 5.91 Å². The van der Waals surface area contributed by atoms with Crippen LogP contribution in [0.25, 0.3) is 0 Å². The summed E-state index contributed by atoms with van der Waals surface area (Å²) >= 11 is 3.40. The van der Waals surface area contributed by atoms with Gasteiger partial charge in [-0.1, -0.05) is 19.1 Å². The fraction of sp³-hybridized carbons (Fsp3) is 0.417. The Balaban J connectivity index is 2.18. The van der Waals surface area contributed by atoms with E-state index in [0.29, 0.717) is 18.0 Å². The Bertz CT molecular complexity index is 398. The number of rotatable bonds is 1. The standard InChI is InChI=1S/C12H15BrN2O/c1-8-6-15(7-11(8)14)12(16)9-4-2-3-5-10(9)13/h2-5,8,11H,6-7,14H2,1H3. The highest BCUT2D eigenvalue weighted by Gasteiger charge is 2.30. The van der Waals surface area contributed by atoms with Crippen LogP contribution in [-0.4, -0.2) is 29.9 Å². The maximum absolute atomic E-state index is 12.2. The molecule has 2 rings (SSSR count). The summed E-state index contributed by atoms with van der Waals surface area (Å²) in [5.74, 6) is 0.443. The molecule has 1 aromatic carbocycles. The fourth-order valence-corrected chi connectivity index (χ4v) is 2.42. The van der Waals surface area contributed by atoms with E-state index < -0.39 is 0 Å². The third-order valence-electron chi connectivity index (χ3n) is 3.06. The van der Waals surface area contributed by atoms with Crippen LogP contribution in [0.3, 0.4) is 0 Å². The molecule has 2 atom stereocenters. The summed E-state index contributed by atoms with van der Waals surface area (Å²) in [7, 11) is 0. The molecule has 0 aromatic heterocycles. The molecule has 0 saturated carbocycles. The molecule has 1 saturated heterocycles. The Morgan fingerprint density at radius 2 is 2.12 bits per heavy atom. The number of nitrogens with two attached hydrogens (primary N) is 1. The average Bonchev–Trinajstić information content (AvgIpc) is 2.59. The zero-order valence-electron chi connectivity index (χ0n) is 9.19. The van der Waals surface area contributed by atoms with Gasteiger partial charge in [0.15, 0.2) is 0 Å². The van der Waals surface area contributed by atoms with Crippen LogP contribution in [0.5, 0.6) is 0 Å². The number of likely N-dealkylation sites (tertiary alicyclic amines) is 1. The second-order valence-corrected chi connectivity index (χ2v) is 5.19. The first-order chi connectivity index (χ1) is 7.59. The predicted octanol–water partition coefficient (Wildman–Crippen LogP) is 1.87. The molecule has 0 spiro atoms. The first-order valence-electron chi connectivity index (χ1n) is 5.39. The van der Waals surface area contributed by atoms with E-state index in [1.807, 2.05) is 29.2 Å². The Labute approximate surface area is 104 Å². The summed E-state index contributed by atoms with van der Waals surface area (Å²) in [5, 5.41) is 0. The van der Waals surface area contributed by atoms with Crippen molar-refractivity contribution in [3.63, 3.8) is 0 Å². The summed E-state index contributed by atoms with van der Waals surface area (Å²) in [6.45, 7) is 3.49. The number of carbonyl (C=O) groups excluding carboxylic acids is 1. The van der Waals surface area contributed by atoms with E-state index >= 15 is 0 Å². The maximum atomic E-state index is 12.2. The van der Waals surface area contributed by atoms with Crippen molar-refractivity contribution in [3.8, 4) is 0 Å². The van der Waals surface area contributed by atoms with E-state index in [1.165, 1.54) is 0 Å². The van der Waals surface area contributed by atoms with Gasteiger partial charge in [0, 0.05) is 23.6 Å². The van der Waals surface area contributed by atoms with Crippen molar-refractivity contribution in [1.29, 1.82) is 0 Å². The molecule has 1 aliphatic heterocycles. The first kappa shape index (κ1) is 11.6. The summed E-state index contributed by atoms with van der Waals surface area (Å²) in [4.78, 5) is 14.0. The fourth-order valence-electron chi connectivity index (χ4n) is 1.96. The molecule has 2 N–H and O–H groups in total. The number of carbonyl (C=O) groups is 1. The average molecular weight is 283 g/mol. The van der Waals surface area contributed by atoms with Gasteiger partial charge in [0.1, 0.15) is 0 Å². The van der Waals surface area contributed by atoms with Crippen molar-refractivity contribution in [2.45, 2.75) is 13.0 Å². The lowest BCUT2D eigenvalue weighted by Crippen LogP contribution is -2.32. The lowest BCUT2D eigenvalue weighted by atomic mass is 10.1. The first-order valence-corrected chi connectivity index (χ1v) is 6.18. The molecule has 3 nitrogen and oxygen atoms in total. The number of nitrogens with zero attached hydrogens (tertiary/aromatic N) is 1. The molecule has 0 aliphatic carbocycles. The number of hydrogen-bond acceptors (Lipinski definition) is 2. The van der Waals surface area contributed by atoms with Crippen LogP contribution in [0.2, 0.25) is 0 Å². The molecule has 4 heteroatoms. The van der Waals surface area contributed by atoms with Gasteiger partial charge in [-0.15, -0.1) is 0 Å². The van der Waals surface area contributed by atoms with Crippen LogP contribution in [0.4, 0.5) is 0 Å². The highest BCUT2D eigenvalue weighted by molar-refractivity contribution is 9.10. The van der Waals surface area contributed by atoms with E-state index in [2.05, 4.69) is 22.9 Å². The Morgan fingerprint density at radius 3 is 2.69 bits per heavy atom. The molecule has 0 bridgehead atoms. The van der Waals surface area contributed by atoms with Gasteiger partial charge in [0.05, 0.1) is 5.56 Å².